The lowest BCUT2D eigenvalue weighted by atomic mass is 10.2. The van der Waals surface area contributed by atoms with Crippen LogP contribution in [0.1, 0.15) is 17.8 Å². The number of halogens is 1. The van der Waals surface area contributed by atoms with Gasteiger partial charge in [0.05, 0.1) is 25.5 Å². The van der Waals surface area contributed by atoms with E-state index in [1.807, 2.05) is 25.1 Å². The van der Waals surface area contributed by atoms with E-state index >= 15 is 0 Å². The lowest BCUT2D eigenvalue weighted by molar-refractivity contribution is -0.382. The van der Waals surface area contributed by atoms with Crippen molar-refractivity contribution in [3.05, 3.63) is 49.1 Å². The van der Waals surface area contributed by atoms with Crippen molar-refractivity contribution < 1.29 is 4.92 Å². The normalized spacial score (nSPS) is 12.5. The molecular formula is C13H10ClN3O2S2. The molecule has 3 aromatic rings. The van der Waals surface area contributed by atoms with Crippen molar-refractivity contribution in [3.8, 4) is 0 Å². The molecule has 2 heterocycles. The van der Waals surface area contributed by atoms with E-state index in [1.165, 1.54) is 22.7 Å². The van der Waals surface area contributed by atoms with Crippen molar-refractivity contribution in [3.63, 3.8) is 0 Å². The number of thiazole rings is 1. The van der Waals surface area contributed by atoms with Gasteiger partial charge >= 0.3 is 5.69 Å². The van der Waals surface area contributed by atoms with Crippen LogP contribution in [0.2, 0.25) is 4.34 Å². The zero-order valence-electron chi connectivity index (χ0n) is 10.9. The maximum Gasteiger partial charge on any atom is 0.319 e. The molecule has 2 aromatic heterocycles. The Morgan fingerprint density at radius 3 is 2.86 bits per heavy atom. The molecule has 0 saturated heterocycles. The summed E-state index contributed by atoms with van der Waals surface area (Å²) in [4.78, 5) is 16.1. The molecular weight excluding hydrogens is 330 g/mol. The van der Waals surface area contributed by atoms with Gasteiger partial charge in [-0.1, -0.05) is 11.6 Å². The Balaban J connectivity index is 2.00. The third-order valence-electron chi connectivity index (χ3n) is 3.05. The first kappa shape index (κ1) is 14.2. The number of anilines is 1. The Labute approximate surface area is 133 Å². The fourth-order valence-corrected chi connectivity index (χ4v) is 3.83. The molecule has 21 heavy (non-hydrogen) atoms. The summed E-state index contributed by atoms with van der Waals surface area (Å²) in [5.41, 5.74) is 2.52. The summed E-state index contributed by atoms with van der Waals surface area (Å²) in [7, 11) is 0. The first-order valence-corrected chi connectivity index (χ1v) is 8.16. The topological polar surface area (TPSA) is 68.1 Å². The molecule has 108 valence electrons. The molecule has 5 nitrogen and oxygen atoms in total. The zero-order valence-corrected chi connectivity index (χ0v) is 13.3. The monoisotopic (exact) mass is 339 g/mol. The van der Waals surface area contributed by atoms with Crippen LogP contribution in [0.3, 0.4) is 0 Å². The lowest BCUT2D eigenvalue weighted by Gasteiger charge is -2.13. The second-order valence-electron chi connectivity index (χ2n) is 4.43. The molecule has 0 amide bonds. The largest absolute Gasteiger partial charge is 0.372 e. The molecule has 1 aromatic carbocycles. The summed E-state index contributed by atoms with van der Waals surface area (Å²) in [5.74, 6) is 0. The second kappa shape index (κ2) is 5.59. The molecule has 8 heteroatoms. The third kappa shape index (κ3) is 2.72. The number of fused-ring (bicyclic) bond motifs is 1. The van der Waals surface area contributed by atoms with Crippen LogP contribution in [0, 0.1) is 10.1 Å². The van der Waals surface area contributed by atoms with Gasteiger partial charge in [-0.15, -0.1) is 22.7 Å². The van der Waals surface area contributed by atoms with Crippen molar-refractivity contribution in [1.29, 1.82) is 0 Å². The first-order chi connectivity index (χ1) is 10.1. The molecule has 0 aliphatic carbocycles. The highest BCUT2D eigenvalue weighted by atomic mass is 35.5. The maximum atomic E-state index is 11.4. The van der Waals surface area contributed by atoms with Gasteiger partial charge in [-0.2, -0.15) is 0 Å². The van der Waals surface area contributed by atoms with Crippen LogP contribution in [-0.2, 0) is 0 Å². The van der Waals surface area contributed by atoms with Crippen LogP contribution >= 0.6 is 34.3 Å². The predicted octanol–water partition coefficient (Wildman–Crippen LogP) is 5.09. The van der Waals surface area contributed by atoms with Crippen LogP contribution in [-0.4, -0.2) is 9.91 Å². The minimum absolute atomic E-state index is 0.0169. The number of nitrogens with one attached hydrogen (secondary N) is 1. The number of benzene rings is 1. The number of thiophene rings is 1. The van der Waals surface area contributed by atoms with Crippen molar-refractivity contribution in [2.24, 2.45) is 0 Å². The van der Waals surface area contributed by atoms with Crippen LogP contribution in [0.25, 0.3) is 10.2 Å². The van der Waals surface area contributed by atoms with Gasteiger partial charge in [0.1, 0.15) is 5.69 Å². The van der Waals surface area contributed by atoms with Gasteiger partial charge in [-0.05, 0) is 31.2 Å². The Hall–Kier alpha value is -1.70. The predicted molar refractivity (Wildman–Crippen MR) is 87.6 cm³/mol. The Kier molecular flexibility index (Phi) is 3.79. The van der Waals surface area contributed by atoms with E-state index in [-0.39, 0.29) is 11.7 Å². The number of nitrogens with zero attached hydrogens (tertiary/aromatic N) is 2. The highest BCUT2D eigenvalue weighted by Crippen LogP contribution is 2.37. The number of rotatable bonds is 4. The van der Waals surface area contributed by atoms with Crippen LogP contribution in [0.5, 0.6) is 0 Å². The smallest absolute Gasteiger partial charge is 0.319 e. The Morgan fingerprint density at radius 1 is 1.38 bits per heavy atom. The van der Waals surface area contributed by atoms with Gasteiger partial charge in [-0.25, -0.2) is 4.98 Å². The SMILES string of the molecule is CC(Nc1ccc2scnc2c1[N+](=O)[O-])c1ccc(Cl)s1. The fraction of sp³-hybridized carbons (Fsp3) is 0.154. The zero-order chi connectivity index (χ0) is 15.0. The van der Waals surface area contributed by atoms with E-state index < -0.39 is 4.92 Å². The second-order valence-corrected chi connectivity index (χ2v) is 7.06. The van der Waals surface area contributed by atoms with Crippen molar-refractivity contribution in [1.82, 2.24) is 4.98 Å². The van der Waals surface area contributed by atoms with Crippen LogP contribution < -0.4 is 5.32 Å². The van der Waals surface area contributed by atoms with Gasteiger partial charge in [0.15, 0.2) is 5.52 Å². The number of hydrogen-bond donors (Lipinski definition) is 1. The molecule has 1 atom stereocenters. The number of aromatic nitrogens is 1. The lowest BCUT2D eigenvalue weighted by Crippen LogP contribution is -2.07. The van der Waals surface area contributed by atoms with E-state index in [0.29, 0.717) is 15.5 Å². The first-order valence-electron chi connectivity index (χ1n) is 6.08. The molecule has 1 N–H and O–H groups in total. The minimum Gasteiger partial charge on any atom is -0.372 e. The molecule has 0 saturated carbocycles. The van der Waals surface area contributed by atoms with E-state index in [4.69, 9.17) is 11.6 Å². The van der Waals surface area contributed by atoms with Gasteiger partial charge in [0, 0.05) is 4.88 Å². The van der Waals surface area contributed by atoms with E-state index in [1.54, 1.807) is 11.6 Å². The summed E-state index contributed by atoms with van der Waals surface area (Å²) in [5, 5.41) is 14.5. The van der Waals surface area contributed by atoms with E-state index in [0.717, 1.165) is 9.58 Å². The van der Waals surface area contributed by atoms with Gasteiger partial charge in [-0.3, -0.25) is 10.1 Å². The van der Waals surface area contributed by atoms with E-state index in [9.17, 15) is 10.1 Å². The van der Waals surface area contributed by atoms with E-state index in [2.05, 4.69) is 10.3 Å². The van der Waals surface area contributed by atoms with Crippen molar-refractivity contribution in [2.45, 2.75) is 13.0 Å². The van der Waals surface area contributed by atoms with Crippen LogP contribution in [0.4, 0.5) is 11.4 Å². The summed E-state index contributed by atoms with van der Waals surface area (Å²) in [6.07, 6.45) is 0. The molecule has 0 aliphatic heterocycles. The molecule has 0 fully saturated rings. The molecule has 0 aliphatic rings. The Morgan fingerprint density at radius 2 is 2.19 bits per heavy atom. The average Bonchev–Trinajstić information content (AvgIpc) is 3.06. The summed E-state index contributed by atoms with van der Waals surface area (Å²) >= 11 is 8.77. The maximum absolute atomic E-state index is 11.4. The van der Waals surface area contributed by atoms with Crippen LogP contribution in [0.15, 0.2) is 29.8 Å². The fourth-order valence-electron chi connectivity index (χ4n) is 2.08. The third-order valence-corrected chi connectivity index (χ3v) is 5.26. The number of nitro groups is 1. The highest BCUT2D eigenvalue weighted by molar-refractivity contribution is 7.17. The average molecular weight is 340 g/mol. The summed E-state index contributed by atoms with van der Waals surface area (Å²) < 4.78 is 1.50. The molecule has 0 radical (unpaired) electrons. The molecule has 0 bridgehead atoms. The van der Waals surface area contributed by atoms with Crippen molar-refractivity contribution >= 4 is 55.9 Å². The van der Waals surface area contributed by atoms with Crippen molar-refractivity contribution in [2.75, 3.05) is 5.32 Å². The minimum atomic E-state index is -0.390. The summed E-state index contributed by atoms with van der Waals surface area (Å²) in [6, 6.07) is 7.23. The number of nitro benzene ring substituents is 1. The highest BCUT2D eigenvalue weighted by Gasteiger charge is 2.22. The molecule has 3 rings (SSSR count). The molecule has 0 spiro atoms. The molecule has 1 unspecified atom stereocenters. The van der Waals surface area contributed by atoms with Gasteiger partial charge < -0.3 is 5.32 Å². The number of hydrogen-bond acceptors (Lipinski definition) is 6. The standard InChI is InChI=1S/C13H10ClN3O2S2/c1-7(9-4-5-11(14)21-9)16-8-2-3-10-12(15-6-20-10)13(8)17(18)19/h2-7,16H,1H3. The quantitative estimate of drug-likeness (QED) is 0.531. The van der Waals surface area contributed by atoms with Gasteiger partial charge in [0.25, 0.3) is 0 Å². The van der Waals surface area contributed by atoms with Gasteiger partial charge in [0.2, 0.25) is 0 Å². The summed E-state index contributed by atoms with van der Waals surface area (Å²) in [6.45, 7) is 1.94. The Bertz CT molecular complexity index is 815.